The maximum atomic E-state index is 12.4. The van der Waals surface area contributed by atoms with Crippen LogP contribution in [0.4, 0.5) is 12.9 Å². The van der Waals surface area contributed by atoms with Crippen LogP contribution < -0.4 is 51.4 Å². The smallest absolute Gasteiger partial charge is 0.445 e. The summed E-state index contributed by atoms with van der Waals surface area (Å²) < 4.78 is 37.2. The first-order chi connectivity index (χ1) is 7.33. The van der Waals surface area contributed by atoms with E-state index in [2.05, 4.69) is 20.4 Å². The van der Waals surface area contributed by atoms with Crippen molar-refractivity contribution >= 4 is 6.98 Å². The first-order valence-corrected chi connectivity index (χ1v) is 5.93. The van der Waals surface area contributed by atoms with Gasteiger partial charge in [0.2, 0.25) is 0 Å². The third kappa shape index (κ3) is 4.99. The third-order valence-corrected chi connectivity index (χ3v) is 3.91. The van der Waals surface area contributed by atoms with Gasteiger partial charge >= 0.3 is 58.4 Å². The van der Waals surface area contributed by atoms with Gasteiger partial charge in [-0.25, -0.2) is 0 Å². The van der Waals surface area contributed by atoms with E-state index in [1.54, 1.807) is 0 Å². The number of likely N-dealkylation sites (tertiary alicyclic amines) is 1. The molecule has 1 saturated heterocycles. The molecule has 17 heavy (non-hydrogen) atoms. The topological polar surface area (TPSA) is 3.24 Å². The second kappa shape index (κ2) is 7.10. The molecule has 6 heteroatoms. The van der Waals surface area contributed by atoms with Gasteiger partial charge in [-0.3, -0.25) is 0 Å². The van der Waals surface area contributed by atoms with Crippen molar-refractivity contribution in [2.75, 3.05) is 19.6 Å². The molecule has 0 aliphatic carbocycles. The number of hydrogen-bond donors (Lipinski definition) is 0. The zero-order chi connectivity index (χ0) is 12.4. The minimum Gasteiger partial charge on any atom is -0.445 e. The van der Waals surface area contributed by atoms with Crippen LogP contribution in [-0.2, 0) is 0 Å². The van der Waals surface area contributed by atoms with Crippen molar-refractivity contribution in [1.82, 2.24) is 4.90 Å². The molecule has 1 aliphatic rings. The molecule has 1 rings (SSSR count). The predicted octanol–water partition coefficient (Wildman–Crippen LogP) is 0.445. The number of halogens is 3. The monoisotopic (exact) mass is 273 g/mol. The summed E-state index contributed by atoms with van der Waals surface area (Å²) in [5.41, 5.74) is -0.332. The summed E-state index contributed by atoms with van der Waals surface area (Å²) in [5.74, 6) is 0. The summed E-state index contributed by atoms with van der Waals surface area (Å²) in [6.07, 6.45) is 3.10. The normalized spacial score (nSPS) is 20.1. The summed E-state index contributed by atoms with van der Waals surface area (Å²) in [7, 11) is 0. The largest absolute Gasteiger partial charge is 1.00 e. The van der Waals surface area contributed by atoms with Gasteiger partial charge in [0.25, 0.3) is 0 Å². The van der Waals surface area contributed by atoms with E-state index >= 15 is 0 Å². The van der Waals surface area contributed by atoms with Crippen LogP contribution in [0.2, 0.25) is 0 Å². The molecule has 0 amide bonds. The van der Waals surface area contributed by atoms with Gasteiger partial charge in [-0.05, 0) is 37.8 Å². The number of hydrogen-bond acceptors (Lipinski definition) is 1. The van der Waals surface area contributed by atoms with Gasteiger partial charge in [-0.1, -0.05) is 13.8 Å². The van der Waals surface area contributed by atoms with Crippen molar-refractivity contribution in [1.29, 1.82) is 0 Å². The molecule has 94 valence electrons. The minimum atomic E-state index is -4.87. The van der Waals surface area contributed by atoms with Crippen LogP contribution in [-0.4, -0.2) is 31.5 Å². The molecule has 1 heterocycles. The third-order valence-electron chi connectivity index (χ3n) is 3.91. The summed E-state index contributed by atoms with van der Waals surface area (Å²) in [5, 5.41) is 0. The van der Waals surface area contributed by atoms with Gasteiger partial charge in [0.1, 0.15) is 0 Å². The zero-order valence-electron chi connectivity index (χ0n) is 11.1. The summed E-state index contributed by atoms with van der Waals surface area (Å²) in [6, 6.07) is 0. The SMILES string of the molecule is C=C(CN1CCC(CC)(CC)C1)[B-](F)(F)F.[K+]. The molecule has 1 nitrogen and oxygen atoms in total. The molecule has 0 atom stereocenters. The van der Waals surface area contributed by atoms with E-state index in [1.807, 2.05) is 4.90 Å². The van der Waals surface area contributed by atoms with Gasteiger partial charge < -0.3 is 17.8 Å². The van der Waals surface area contributed by atoms with Crippen molar-refractivity contribution in [3.05, 3.63) is 12.1 Å². The van der Waals surface area contributed by atoms with E-state index in [9.17, 15) is 12.9 Å². The molecule has 0 aromatic carbocycles. The second-order valence-corrected chi connectivity index (χ2v) is 4.90. The van der Waals surface area contributed by atoms with E-state index in [0.29, 0.717) is 0 Å². The average molecular weight is 273 g/mol. The molecule has 1 fully saturated rings. The molecular weight excluding hydrogens is 253 g/mol. The Morgan fingerprint density at radius 2 is 1.82 bits per heavy atom. The fraction of sp³-hybridized carbons (Fsp3) is 0.818. The maximum Gasteiger partial charge on any atom is 1.00 e. The second-order valence-electron chi connectivity index (χ2n) is 4.90. The van der Waals surface area contributed by atoms with Gasteiger partial charge in [-0.2, -0.15) is 0 Å². The Balaban J connectivity index is 0.00000256. The Hall–Kier alpha value is 1.19. The molecule has 0 aromatic rings. The van der Waals surface area contributed by atoms with E-state index in [4.69, 9.17) is 0 Å². The first-order valence-electron chi connectivity index (χ1n) is 5.93. The quantitative estimate of drug-likeness (QED) is 0.657. The van der Waals surface area contributed by atoms with E-state index < -0.39 is 12.4 Å². The molecule has 0 aromatic heterocycles. The van der Waals surface area contributed by atoms with E-state index in [-0.39, 0.29) is 63.3 Å². The van der Waals surface area contributed by atoms with Gasteiger partial charge in [0, 0.05) is 6.54 Å². The van der Waals surface area contributed by atoms with Gasteiger partial charge in [-0.15, -0.1) is 12.1 Å². The van der Waals surface area contributed by atoms with Crippen molar-refractivity contribution in [2.45, 2.75) is 33.1 Å². The maximum absolute atomic E-state index is 12.4. The van der Waals surface area contributed by atoms with Gasteiger partial charge in [0.05, 0.1) is 0 Å². The fourth-order valence-electron chi connectivity index (χ4n) is 2.38. The Bertz CT molecular complexity index is 264. The fourth-order valence-corrected chi connectivity index (χ4v) is 2.38. The van der Waals surface area contributed by atoms with Crippen LogP contribution >= 0.6 is 0 Å². The van der Waals surface area contributed by atoms with Crippen molar-refractivity contribution in [3.63, 3.8) is 0 Å². The van der Waals surface area contributed by atoms with E-state index in [0.717, 1.165) is 32.4 Å². The minimum absolute atomic E-state index is 0. The van der Waals surface area contributed by atoms with Crippen LogP contribution in [0.1, 0.15) is 33.1 Å². The Morgan fingerprint density at radius 1 is 1.29 bits per heavy atom. The molecule has 0 bridgehead atoms. The van der Waals surface area contributed by atoms with Crippen molar-refractivity contribution in [2.24, 2.45) is 5.41 Å². The van der Waals surface area contributed by atoms with Crippen molar-refractivity contribution < 1.29 is 64.3 Å². The van der Waals surface area contributed by atoms with E-state index in [1.165, 1.54) is 0 Å². The summed E-state index contributed by atoms with van der Waals surface area (Å²) in [4.78, 5) is 1.89. The van der Waals surface area contributed by atoms with Crippen molar-refractivity contribution in [3.8, 4) is 0 Å². The average Bonchev–Trinajstić information content (AvgIpc) is 2.61. The van der Waals surface area contributed by atoms with Crippen LogP contribution in [0.3, 0.4) is 0 Å². The molecule has 0 unspecified atom stereocenters. The summed E-state index contributed by atoms with van der Waals surface area (Å²) in [6.45, 7) is 4.07. The standard InChI is InChI=1S/C11H20BF3N.K/c1-4-11(5-2)6-7-16(9-11)8-10(3)12(13,14)15;/h3-9H2,1-2H3;/q-1;+1. The molecule has 0 N–H and O–H groups in total. The Kier molecular flexibility index (Phi) is 7.60. The molecule has 0 spiro atoms. The number of rotatable bonds is 5. The van der Waals surface area contributed by atoms with Crippen LogP contribution in [0.5, 0.6) is 0 Å². The number of nitrogens with zero attached hydrogens (tertiary/aromatic N) is 1. The molecular formula is C11H20BF3KN. The Labute approximate surface area is 145 Å². The molecule has 1 aliphatic heterocycles. The van der Waals surface area contributed by atoms with Gasteiger partial charge in [0.15, 0.2) is 0 Å². The predicted molar refractivity (Wildman–Crippen MR) is 62.3 cm³/mol. The van der Waals surface area contributed by atoms with Crippen LogP contribution in [0.15, 0.2) is 12.1 Å². The first kappa shape index (κ1) is 18.2. The molecule has 0 radical (unpaired) electrons. The Morgan fingerprint density at radius 3 is 2.18 bits per heavy atom. The van der Waals surface area contributed by atoms with Crippen LogP contribution in [0, 0.1) is 5.41 Å². The summed E-state index contributed by atoms with van der Waals surface area (Å²) >= 11 is 0. The zero-order valence-corrected chi connectivity index (χ0v) is 14.2. The molecule has 0 saturated carbocycles. The van der Waals surface area contributed by atoms with Crippen LogP contribution in [0.25, 0.3) is 0 Å².